The van der Waals surface area contributed by atoms with Gasteiger partial charge in [0.15, 0.2) is 17.0 Å². The number of allylic oxidation sites excluding steroid dienone is 1. The number of hydrogen-bond acceptors (Lipinski definition) is 9. The molecule has 0 spiro atoms. The Morgan fingerprint density at radius 2 is 1.79 bits per heavy atom. The van der Waals surface area contributed by atoms with Gasteiger partial charge in [-0.05, 0) is 66.6 Å². The van der Waals surface area contributed by atoms with Gasteiger partial charge >= 0.3 is 0 Å². The molecule has 3 heterocycles. The number of benzene rings is 2. The molecule has 1 fully saturated rings. The number of imide groups is 1. The second-order valence-electron chi connectivity index (χ2n) is 9.65. The van der Waals surface area contributed by atoms with E-state index in [0.717, 1.165) is 51.9 Å². The number of fused-ring (bicyclic) bond motifs is 1. The summed E-state index contributed by atoms with van der Waals surface area (Å²) in [6.45, 7) is 4.32. The van der Waals surface area contributed by atoms with Crippen LogP contribution in [0, 0.1) is 0 Å². The number of nitrogens with one attached hydrogen (secondary N) is 1. The molecule has 2 aromatic heterocycles. The molecule has 0 bridgehead atoms. The second kappa shape index (κ2) is 12.5. The molecule has 0 unspecified atom stereocenters. The number of aryl methyl sites for hydroxylation is 2. The molecular formula is C30H31N5O5S2. The van der Waals surface area contributed by atoms with Crippen molar-refractivity contribution in [3.05, 3.63) is 69.0 Å². The predicted molar refractivity (Wildman–Crippen MR) is 166 cm³/mol. The van der Waals surface area contributed by atoms with Crippen molar-refractivity contribution < 1.29 is 19.1 Å². The number of methoxy groups -OCH3 is 2. The lowest BCUT2D eigenvalue weighted by atomic mass is 10.1. The van der Waals surface area contributed by atoms with Crippen LogP contribution in [0.4, 0.5) is 4.79 Å². The van der Waals surface area contributed by atoms with E-state index in [1.165, 1.54) is 0 Å². The zero-order chi connectivity index (χ0) is 30.0. The summed E-state index contributed by atoms with van der Waals surface area (Å²) in [7, 11) is 4.94. The molecule has 1 aliphatic rings. The summed E-state index contributed by atoms with van der Waals surface area (Å²) in [4.78, 5) is 43.9. The van der Waals surface area contributed by atoms with Crippen molar-refractivity contribution in [3.8, 4) is 22.9 Å². The van der Waals surface area contributed by atoms with Crippen LogP contribution in [0.3, 0.4) is 0 Å². The first-order chi connectivity index (χ1) is 20.2. The summed E-state index contributed by atoms with van der Waals surface area (Å²) in [6, 6.07) is 13.3. The predicted octanol–water partition coefficient (Wildman–Crippen LogP) is 5.27. The normalized spacial score (nSPS) is 14.4. The van der Waals surface area contributed by atoms with E-state index in [0.29, 0.717) is 45.6 Å². The molecule has 10 nitrogen and oxygen atoms in total. The first-order valence-corrected chi connectivity index (χ1v) is 15.2. The van der Waals surface area contributed by atoms with E-state index in [9.17, 15) is 14.4 Å². The third-order valence-corrected chi connectivity index (χ3v) is 8.95. The fraction of sp³-hybridized carbons (Fsp3) is 0.300. The van der Waals surface area contributed by atoms with Crippen molar-refractivity contribution in [2.75, 3.05) is 20.0 Å². The van der Waals surface area contributed by atoms with Gasteiger partial charge in [-0.2, -0.15) is 5.10 Å². The molecule has 1 saturated heterocycles. The summed E-state index contributed by atoms with van der Waals surface area (Å²) in [6.07, 6.45) is 1.61. The number of carbonyl (C=O) groups excluding carboxylic acids is 2. The Kier molecular flexibility index (Phi) is 8.74. The number of hydrogen-bond donors (Lipinski definition) is 1. The van der Waals surface area contributed by atoms with Crippen LogP contribution in [-0.4, -0.2) is 50.5 Å². The Balaban J connectivity index is 1.45. The van der Waals surface area contributed by atoms with Gasteiger partial charge in [-0.3, -0.25) is 28.9 Å². The van der Waals surface area contributed by atoms with E-state index in [1.807, 2.05) is 49.4 Å². The van der Waals surface area contributed by atoms with Crippen LogP contribution < -0.4 is 20.3 Å². The standard InChI is InChI=1S/C30H31N5O5S2/c1-6-7-21-24-25(34(3)33-21)29(37)35(27(31-24)19-10-13-22(39-4)23(16-19)40-5)14-15-41-20-11-8-18(9-12-20)17(2)26-28(36)32-30(38)42-26/h8-13,16H,6-7,14-15H2,1-5H3,(H,32,36,38)/b26-17+. The lowest BCUT2D eigenvalue weighted by Gasteiger charge is -2.15. The Hall–Kier alpha value is -4.03. The summed E-state index contributed by atoms with van der Waals surface area (Å²) >= 11 is 2.53. The van der Waals surface area contributed by atoms with Gasteiger partial charge in [0.1, 0.15) is 11.3 Å². The largest absolute Gasteiger partial charge is 0.493 e. The van der Waals surface area contributed by atoms with E-state index in [2.05, 4.69) is 17.3 Å². The van der Waals surface area contributed by atoms with Crippen molar-refractivity contribution in [3.63, 3.8) is 0 Å². The summed E-state index contributed by atoms with van der Waals surface area (Å²) in [5.74, 6) is 1.93. The zero-order valence-electron chi connectivity index (χ0n) is 24.0. The summed E-state index contributed by atoms with van der Waals surface area (Å²) < 4.78 is 14.3. The van der Waals surface area contributed by atoms with E-state index < -0.39 is 0 Å². The maximum atomic E-state index is 13.9. The van der Waals surface area contributed by atoms with E-state index in [4.69, 9.17) is 14.5 Å². The van der Waals surface area contributed by atoms with E-state index in [-0.39, 0.29) is 16.7 Å². The monoisotopic (exact) mass is 605 g/mol. The van der Waals surface area contributed by atoms with Gasteiger partial charge in [0, 0.05) is 29.8 Å². The smallest absolute Gasteiger partial charge is 0.290 e. The number of aromatic nitrogens is 4. The fourth-order valence-electron chi connectivity index (χ4n) is 4.87. The highest BCUT2D eigenvalue weighted by atomic mass is 32.2. The molecule has 218 valence electrons. The van der Waals surface area contributed by atoms with Crippen LogP contribution in [0.25, 0.3) is 28.0 Å². The number of thioether (sulfide) groups is 2. The van der Waals surface area contributed by atoms with Gasteiger partial charge in [0.25, 0.3) is 16.7 Å². The zero-order valence-corrected chi connectivity index (χ0v) is 25.6. The molecule has 2 amide bonds. The van der Waals surface area contributed by atoms with Crippen LogP contribution in [0.1, 0.15) is 31.5 Å². The second-order valence-corrected chi connectivity index (χ2v) is 11.8. The van der Waals surface area contributed by atoms with Crippen molar-refractivity contribution >= 4 is 51.3 Å². The van der Waals surface area contributed by atoms with Gasteiger partial charge in [0.2, 0.25) is 0 Å². The lowest BCUT2D eigenvalue weighted by Crippen LogP contribution is -2.26. The van der Waals surface area contributed by atoms with E-state index in [1.54, 1.807) is 42.3 Å². The Morgan fingerprint density at radius 1 is 1.05 bits per heavy atom. The first-order valence-electron chi connectivity index (χ1n) is 13.4. The maximum absolute atomic E-state index is 13.9. The highest BCUT2D eigenvalue weighted by molar-refractivity contribution is 8.18. The maximum Gasteiger partial charge on any atom is 0.290 e. The molecule has 0 saturated carbocycles. The molecule has 42 heavy (non-hydrogen) atoms. The molecule has 0 aliphatic carbocycles. The van der Waals surface area contributed by atoms with Gasteiger partial charge in [-0.1, -0.05) is 25.5 Å². The summed E-state index contributed by atoms with van der Waals surface area (Å²) in [5, 5.41) is 6.55. The average molecular weight is 606 g/mol. The molecule has 0 atom stereocenters. The minimum atomic E-state index is -0.363. The molecule has 2 aromatic carbocycles. The Morgan fingerprint density at radius 3 is 2.43 bits per heavy atom. The molecule has 5 rings (SSSR count). The van der Waals surface area contributed by atoms with Crippen molar-refractivity contribution in [1.29, 1.82) is 0 Å². The highest BCUT2D eigenvalue weighted by Crippen LogP contribution is 2.34. The van der Waals surface area contributed by atoms with Gasteiger partial charge in [-0.15, -0.1) is 11.8 Å². The van der Waals surface area contributed by atoms with Crippen LogP contribution >= 0.6 is 23.5 Å². The van der Waals surface area contributed by atoms with Crippen LogP contribution in [0.5, 0.6) is 11.5 Å². The van der Waals surface area contributed by atoms with E-state index >= 15 is 0 Å². The molecule has 0 radical (unpaired) electrons. The first kappa shape index (κ1) is 29.5. The Bertz CT molecular complexity index is 1780. The minimum Gasteiger partial charge on any atom is -0.493 e. The fourth-order valence-corrected chi connectivity index (χ4v) is 6.45. The van der Waals surface area contributed by atoms with Gasteiger partial charge in [0.05, 0.1) is 24.8 Å². The topological polar surface area (TPSA) is 117 Å². The number of nitrogens with zero attached hydrogens (tertiary/aromatic N) is 4. The molecule has 1 N–H and O–H groups in total. The highest BCUT2D eigenvalue weighted by Gasteiger charge is 2.27. The minimum absolute atomic E-state index is 0.151. The van der Waals surface area contributed by atoms with Crippen molar-refractivity contribution in [2.45, 2.75) is 38.1 Å². The third-order valence-electron chi connectivity index (χ3n) is 6.97. The average Bonchev–Trinajstić information content (AvgIpc) is 3.50. The van der Waals surface area contributed by atoms with Crippen molar-refractivity contribution in [2.24, 2.45) is 7.05 Å². The van der Waals surface area contributed by atoms with Crippen LogP contribution in [-0.2, 0) is 24.8 Å². The number of carbonyl (C=O) groups is 2. The number of rotatable bonds is 10. The third kappa shape index (κ3) is 5.68. The number of amides is 2. The summed E-state index contributed by atoms with van der Waals surface area (Å²) in [5.41, 5.74) is 4.11. The Labute approximate surface area is 251 Å². The van der Waals surface area contributed by atoms with Gasteiger partial charge in [-0.25, -0.2) is 4.98 Å². The van der Waals surface area contributed by atoms with Crippen molar-refractivity contribution in [1.82, 2.24) is 24.6 Å². The number of ether oxygens (including phenoxy) is 2. The van der Waals surface area contributed by atoms with Crippen LogP contribution in [0.2, 0.25) is 0 Å². The molecule has 12 heteroatoms. The molecule has 4 aromatic rings. The molecule has 1 aliphatic heterocycles. The SMILES string of the molecule is CCCc1nn(C)c2c(=O)n(CCSc3ccc(/C(C)=C4/SC(=O)NC4=O)cc3)c(-c3ccc(OC)c(OC)c3)nc12. The lowest BCUT2D eigenvalue weighted by molar-refractivity contribution is -0.115. The van der Waals surface area contributed by atoms with Crippen LogP contribution in [0.15, 0.2) is 57.1 Å². The molecular weight excluding hydrogens is 574 g/mol. The van der Waals surface area contributed by atoms with Gasteiger partial charge < -0.3 is 9.47 Å². The quantitative estimate of drug-likeness (QED) is 0.190.